The molecule has 0 aromatic carbocycles. The molecule has 0 aromatic heterocycles. The first-order valence-corrected chi connectivity index (χ1v) is 12.2. The first kappa shape index (κ1) is 24.1. The Kier molecular flexibility index (Phi) is 6.51. The Hall–Kier alpha value is 0.500. The number of ketones is 1. The van der Waals surface area contributed by atoms with Crippen molar-refractivity contribution in [3.63, 3.8) is 0 Å². The summed E-state index contributed by atoms with van der Waals surface area (Å²) >= 11 is 0. The summed E-state index contributed by atoms with van der Waals surface area (Å²) < 4.78 is 36.0. The van der Waals surface area contributed by atoms with Crippen molar-refractivity contribution in [2.45, 2.75) is 84.3 Å². The normalized spacial score (nSPS) is 49.3. The maximum Gasteiger partial charge on any atom is 1.00 e. The van der Waals surface area contributed by atoms with Crippen LogP contribution in [0.2, 0.25) is 0 Å². The molecule has 2 N–H and O–H groups in total. The fraction of sp³-hybridized carbons (Fsp3) is 0.952. The van der Waals surface area contributed by atoms with Gasteiger partial charge in [0.15, 0.2) is 5.79 Å². The summed E-state index contributed by atoms with van der Waals surface area (Å²) in [5.41, 5.74) is 0.174. The van der Waals surface area contributed by atoms with Crippen molar-refractivity contribution in [2.75, 3.05) is 0 Å². The summed E-state index contributed by atoms with van der Waals surface area (Å²) in [6.07, 6.45) is 7.52. The van der Waals surface area contributed by atoms with Gasteiger partial charge in [0.05, 0.1) is 0 Å². The molecule has 6 nitrogen and oxygen atoms in total. The molecule has 4 aliphatic carbocycles. The fourth-order valence-electron chi connectivity index (χ4n) is 8.15. The molecule has 0 heterocycles. The molecule has 0 aromatic rings. The zero-order valence-corrected chi connectivity index (χ0v) is 21.0. The molecule has 0 aliphatic heterocycles. The van der Waals surface area contributed by atoms with E-state index in [2.05, 4.69) is 18.0 Å². The number of rotatable bonds is 3. The van der Waals surface area contributed by atoms with Crippen LogP contribution in [-0.2, 0) is 19.4 Å². The maximum atomic E-state index is 12.2. The van der Waals surface area contributed by atoms with Gasteiger partial charge in [-0.2, -0.15) is 8.42 Å². The first-order valence-electron chi connectivity index (χ1n) is 10.8. The van der Waals surface area contributed by atoms with Gasteiger partial charge in [-0.25, -0.2) is 4.18 Å². The standard InChI is InChI=1S/C21H34O6S.Na.H/c1-13(22)16-6-7-17-15-5-4-14-12-21(23,27-28(24,25)26)11-10-19(14,2)18(15)8-9-20(16,17)3;;/h14-18,23H,4-12H2,1-3H3,(H,24,25,26);;/q;+1;-1/t14-,15-,16-,17?,18-,19+,20-,21-;;/m1../s1. The Morgan fingerprint density at radius 3 is 2.28 bits per heavy atom. The van der Waals surface area contributed by atoms with E-state index >= 15 is 0 Å². The molecule has 29 heavy (non-hydrogen) atoms. The number of carbonyl (C=O) groups is 1. The molecule has 4 rings (SSSR count). The van der Waals surface area contributed by atoms with E-state index in [0.29, 0.717) is 30.0 Å². The van der Waals surface area contributed by atoms with Gasteiger partial charge in [-0.05, 0) is 86.4 Å². The van der Waals surface area contributed by atoms with E-state index < -0.39 is 16.2 Å². The second-order valence-electron chi connectivity index (χ2n) is 10.6. The van der Waals surface area contributed by atoms with Crippen molar-refractivity contribution in [3.8, 4) is 0 Å². The quantitative estimate of drug-likeness (QED) is 0.385. The van der Waals surface area contributed by atoms with E-state index in [1.807, 2.05) is 0 Å². The van der Waals surface area contributed by atoms with Gasteiger partial charge in [-0.3, -0.25) is 9.35 Å². The number of hydrogen-bond acceptors (Lipinski definition) is 5. The van der Waals surface area contributed by atoms with Crippen LogP contribution >= 0.6 is 0 Å². The number of fused-ring (bicyclic) bond motifs is 5. The van der Waals surface area contributed by atoms with E-state index in [0.717, 1.165) is 38.5 Å². The van der Waals surface area contributed by atoms with Gasteiger partial charge in [-0.15, -0.1) is 0 Å². The molecular formula is C21H35NaO6S. The molecule has 4 aliphatic rings. The van der Waals surface area contributed by atoms with E-state index in [-0.39, 0.29) is 66.5 Å². The molecule has 0 bridgehead atoms. The van der Waals surface area contributed by atoms with Crippen molar-refractivity contribution in [1.29, 1.82) is 0 Å². The van der Waals surface area contributed by atoms with Gasteiger partial charge < -0.3 is 6.53 Å². The molecule has 8 heteroatoms. The topological polar surface area (TPSA) is 101 Å². The average Bonchev–Trinajstić information content (AvgIpc) is 2.91. The Bertz CT molecular complexity index is 777. The van der Waals surface area contributed by atoms with Crippen LogP contribution in [0.15, 0.2) is 0 Å². The molecule has 162 valence electrons. The largest absolute Gasteiger partial charge is 1.00 e. The van der Waals surface area contributed by atoms with E-state index in [4.69, 9.17) is 4.55 Å². The fourth-order valence-corrected chi connectivity index (χ4v) is 8.69. The Labute approximate surface area is 198 Å². The number of carbonyl (C=O) groups excluding carboxylic acids is 1. The minimum absolute atomic E-state index is 0. The molecule has 8 atom stereocenters. The SMILES string of the molecule is CC(=O)[C@H]1CCC2[C@H]3CC[C@@H]4C[C@](O)(OS(=O)(=O)O)CC[C@]4(C)[C@@H]3CC[C@@]21C.[H-].[Na+]. The predicted molar refractivity (Wildman–Crippen MR) is 105 cm³/mol. The maximum absolute atomic E-state index is 12.2. The van der Waals surface area contributed by atoms with Crippen molar-refractivity contribution in [1.82, 2.24) is 0 Å². The molecule has 0 saturated heterocycles. The van der Waals surface area contributed by atoms with Gasteiger partial charge in [-0.1, -0.05) is 13.8 Å². The number of Topliss-reactive ketones (excluding diaryl/α,β-unsaturated/α-hetero) is 1. The average molecular weight is 439 g/mol. The van der Waals surface area contributed by atoms with Crippen LogP contribution in [-0.4, -0.2) is 29.6 Å². The molecular weight excluding hydrogens is 403 g/mol. The van der Waals surface area contributed by atoms with Gasteiger partial charge >= 0.3 is 40.0 Å². The second-order valence-corrected chi connectivity index (χ2v) is 11.6. The second kappa shape index (κ2) is 7.82. The third-order valence-corrected chi connectivity index (χ3v) is 9.96. The predicted octanol–water partition coefficient (Wildman–Crippen LogP) is 0.859. The Balaban J connectivity index is 0.00000160. The smallest absolute Gasteiger partial charge is 1.00 e. The summed E-state index contributed by atoms with van der Waals surface area (Å²) in [5, 5.41) is 10.6. The van der Waals surface area contributed by atoms with Crippen LogP contribution in [0.1, 0.15) is 80.0 Å². The molecule has 1 unspecified atom stereocenters. The Morgan fingerprint density at radius 2 is 1.66 bits per heavy atom. The van der Waals surface area contributed by atoms with Crippen LogP contribution in [0.25, 0.3) is 0 Å². The molecule has 0 amide bonds. The summed E-state index contributed by atoms with van der Waals surface area (Å²) in [7, 11) is -4.68. The third kappa shape index (κ3) is 4.03. The van der Waals surface area contributed by atoms with Gasteiger partial charge in [0.2, 0.25) is 0 Å². The number of hydrogen-bond donors (Lipinski definition) is 2. The molecule has 4 fully saturated rings. The van der Waals surface area contributed by atoms with Crippen molar-refractivity contribution in [3.05, 3.63) is 0 Å². The molecule has 0 radical (unpaired) electrons. The van der Waals surface area contributed by atoms with Crippen molar-refractivity contribution < 1.29 is 58.0 Å². The summed E-state index contributed by atoms with van der Waals surface area (Å²) in [6, 6.07) is 0. The Morgan fingerprint density at radius 1 is 1.00 bits per heavy atom. The number of aliphatic hydroxyl groups is 1. The third-order valence-electron chi connectivity index (χ3n) is 9.44. The zero-order chi connectivity index (χ0) is 20.5. The van der Waals surface area contributed by atoms with Gasteiger partial charge in [0, 0.05) is 18.8 Å². The van der Waals surface area contributed by atoms with Crippen LogP contribution in [0.3, 0.4) is 0 Å². The zero-order valence-electron chi connectivity index (χ0n) is 19.2. The van der Waals surface area contributed by atoms with Crippen molar-refractivity contribution in [2.24, 2.45) is 40.4 Å². The van der Waals surface area contributed by atoms with Gasteiger partial charge in [0.1, 0.15) is 5.78 Å². The monoisotopic (exact) mass is 438 g/mol. The van der Waals surface area contributed by atoms with E-state index in [1.54, 1.807) is 6.92 Å². The van der Waals surface area contributed by atoms with E-state index in [1.165, 1.54) is 0 Å². The summed E-state index contributed by atoms with van der Waals surface area (Å²) in [4.78, 5) is 12.2. The van der Waals surface area contributed by atoms with Crippen LogP contribution in [0, 0.1) is 40.4 Å². The minimum atomic E-state index is -4.68. The van der Waals surface area contributed by atoms with E-state index in [9.17, 15) is 18.3 Å². The summed E-state index contributed by atoms with van der Waals surface area (Å²) in [6.45, 7) is 6.39. The van der Waals surface area contributed by atoms with Crippen molar-refractivity contribution >= 4 is 16.2 Å². The molecule has 0 spiro atoms. The first-order chi connectivity index (χ1) is 12.9. The van der Waals surface area contributed by atoms with Crippen LogP contribution in [0.4, 0.5) is 0 Å². The summed E-state index contributed by atoms with van der Waals surface area (Å²) in [5.74, 6) is 0.678. The van der Waals surface area contributed by atoms with Gasteiger partial charge in [0.25, 0.3) is 0 Å². The van der Waals surface area contributed by atoms with Crippen LogP contribution in [0.5, 0.6) is 0 Å². The van der Waals surface area contributed by atoms with Crippen LogP contribution < -0.4 is 29.6 Å². The molecule has 4 saturated carbocycles. The minimum Gasteiger partial charge on any atom is -1.00 e.